The number of aromatic nitrogens is 2. The largest absolute Gasteiger partial charge is 0.493 e. The second kappa shape index (κ2) is 11.6. The standard InChI is InChI=1S/C29H27Br2N3O3/c1-36-26-13-7-10-20(27(26)37-18-21-14-15-22(30)16-24(21)31)17-32-34-28(19-8-3-2-4-9-19)33-25-12-6-5-11-23(25)29(34)35/h5-7,10-17,19H,2-4,8-9,18H2,1H3. The lowest BCUT2D eigenvalue weighted by atomic mass is 9.88. The molecule has 4 aromatic rings. The van der Waals surface area contributed by atoms with Gasteiger partial charge in [-0.05, 0) is 49.2 Å². The molecule has 37 heavy (non-hydrogen) atoms. The maximum atomic E-state index is 13.5. The molecule has 0 radical (unpaired) electrons. The zero-order valence-electron chi connectivity index (χ0n) is 20.5. The first-order chi connectivity index (χ1) is 18.0. The molecule has 1 fully saturated rings. The van der Waals surface area contributed by atoms with Crippen LogP contribution in [0, 0.1) is 0 Å². The van der Waals surface area contributed by atoms with Crippen LogP contribution in [0.15, 0.2) is 79.5 Å². The second-order valence-electron chi connectivity index (χ2n) is 9.09. The molecule has 3 aromatic carbocycles. The van der Waals surface area contributed by atoms with Crippen LogP contribution in [0.3, 0.4) is 0 Å². The van der Waals surface area contributed by atoms with Crippen LogP contribution in [-0.4, -0.2) is 23.0 Å². The third-order valence-corrected chi connectivity index (χ3v) is 7.91. The maximum absolute atomic E-state index is 13.5. The molecule has 0 spiro atoms. The van der Waals surface area contributed by atoms with Crippen LogP contribution in [0.5, 0.6) is 11.5 Å². The summed E-state index contributed by atoms with van der Waals surface area (Å²) in [4.78, 5) is 18.4. The third-order valence-electron chi connectivity index (χ3n) is 6.68. The van der Waals surface area contributed by atoms with E-state index in [1.54, 1.807) is 19.4 Å². The molecular formula is C29H27Br2N3O3. The van der Waals surface area contributed by atoms with Gasteiger partial charge in [0.15, 0.2) is 11.5 Å². The lowest BCUT2D eigenvalue weighted by Crippen LogP contribution is -2.25. The van der Waals surface area contributed by atoms with E-state index in [4.69, 9.17) is 14.5 Å². The summed E-state index contributed by atoms with van der Waals surface area (Å²) in [6, 6.07) is 19.0. The van der Waals surface area contributed by atoms with Crippen molar-refractivity contribution in [3.05, 3.63) is 96.9 Å². The Balaban J connectivity index is 1.54. The van der Waals surface area contributed by atoms with Crippen LogP contribution in [-0.2, 0) is 6.61 Å². The van der Waals surface area contributed by atoms with Crippen molar-refractivity contribution in [3.8, 4) is 11.5 Å². The highest BCUT2D eigenvalue weighted by Crippen LogP contribution is 2.33. The fraction of sp³-hybridized carbons (Fsp3) is 0.276. The van der Waals surface area contributed by atoms with Gasteiger partial charge >= 0.3 is 0 Å². The van der Waals surface area contributed by atoms with Crippen molar-refractivity contribution in [1.29, 1.82) is 0 Å². The number of halogens is 2. The molecule has 0 atom stereocenters. The summed E-state index contributed by atoms with van der Waals surface area (Å²) in [7, 11) is 1.61. The number of para-hydroxylation sites is 2. The predicted octanol–water partition coefficient (Wildman–Crippen LogP) is 7.44. The number of methoxy groups -OCH3 is 1. The van der Waals surface area contributed by atoms with Crippen molar-refractivity contribution >= 4 is 49.0 Å². The topological polar surface area (TPSA) is 65.7 Å². The van der Waals surface area contributed by atoms with Crippen LogP contribution in [0.2, 0.25) is 0 Å². The summed E-state index contributed by atoms with van der Waals surface area (Å²) in [5.41, 5.74) is 2.25. The van der Waals surface area contributed by atoms with Gasteiger partial charge in [-0.15, -0.1) is 0 Å². The average Bonchev–Trinajstić information content (AvgIpc) is 2.92. The lowest BCUT2D eigenvalue weighted by Gasteiger charge is -2.22. The number of rotatable bonds is 7. The van der Waals surface area contributed by atoms with Crippen molar-refractivity contribution in [2.24, 2.45) is 5.10 Å². The Labute approximate surface area is 232 Å². The van der Waals surface area contributed by atoms with Crippen LogP contribution in [0.1, 0.15) is 55.0 Å². The number of hydrogen-bond donors (Lipinski definition) is 0. The summed E-state index contributed by atoms with van der Waals surface area (Å²) in [5.74, 6) is 2.08. The molecule has 1 heterocycles. The van der Waals surface area contributed by atoms with Gasteiger partial charge in [0.1, 0.15) is 12.4 Å². The van der Waals surface area contributed by atoms with E-state index in [0.717, 1.165) is 46.0 Å². The molecule has 5 rings (SSSR count). The Morgan fingerprint density at radius 2 is 1.86 bits per heavy atom. The Morgan fingerprint density at radius 3 is 2.65 bits per heavy atom. The first-order valence-corrected chi connectivity index (χ1v) is 13.9. The highest BCUT2D eigenvalue weighted by atomic mass is 79.9. The van der Waals surface area contributed by atoms with Crippen LogP contribution >= 0.6 is 31.9 Å². The lowest BCUT2D eigenvalue weighted by molar-refractivity contribution is 0.283. The van der Waals surface area contributed by atoms with Crippen molar-refractivity contribution in [1.82, 2.24) is 9.66 Å². The van der Waals surface area contributed by atoms with Gasteiger partial charge in [0.05, 0.1) is 24.2 Å². The summed E-state index contributed by atoms with van der Waals surface area (Å²) in [6.45, 7) is 0.333. The minimum Gasteiger partial charge on any atom is -0.493 e. The van der Waals surface area contributed by atoms with Crippen LogP contribution < -0.4 is 15.0 Å². The van der Waals surface area contributed by atoms with E-state index in [-0.39, 0.29) is 11.5 Å². The van der Waals surface area contributed by atoms with E-state index >= 15 is 0 Å². The smallest absolute Gasteiger partial charge is 0.282 e. The molecule has 6 nitrogen and oxygen atoms in total. The molecule has 1 aliphatic carbocycles. The summed E-state index contributed by atoms with van der Waals surface area (Å²) in [6.07, 6.45) is 7.17. The molecule has 0 saturated heterocycles. The summed E-state index contributed by atoms with van der Waals surface area (Å²) < 4.78 is 15.2. The van der Waals surface area contributed by atoms with E-state index in [2.05, 4.69) is 37.0 Å². The van der Waals surface area contributed by atoms with Crippen molar-refractivity contribution in [2.45, 2.75) is 44.6 Å². The Kier molecular flexibility index (Phi) is 8.05. The Morgan fingerprint density at radius 1 is 1.05 bits per heavy atom. The van der Waals surface area contributed by atoms with E-state index in [0.29, 0.717) is 34.6 Å². The first kappa shape index (κ1) is 25.7. The molecule has 1 aliphatic rings. The zero-order chi connectivity index (χ0) is 25.8. The molecule has 1 aromatic heterocycles. The van der Waals surface area contributed by atoms with Gasteiger partial charge in [0.25, 0.3) is 5.56 Å². The van der Waals surface area contributed by atoms with Gasteiger partial charge < -0.3 is 9.47 Å². The van der Waals surface area contributed by atoms with Crippen LogP contribution in [0.4, 0.5) is 0 Å². The van der Waals surface area contributed by atoms with E-state index in [1.807, 2.05) is 54.6 Å². The number of benzene rings is 3. The molecule has 0 N–H and O–H groups in total. The van der Waals surface area contributed by atoms with Gasteiger partial charge in [-0.25, -0.2) is 4.98 Å². The minimum atomic E-state index is -0.161. The monoisotopic (exact) mass is 623 g/mol. The van der Waals surface area contributed by atoms with Gasteiger partial charge in [-0.1, -0.05) is 75.4 Å². The van der Waals surface area contributed by atoms with Gasteiger partial charge in [0.2, 0.25) is 0 Å². The SMILES string of the molecule is COc1cccc(C=Nn2c(C3CCCCC3)nc3ccccc3c2=O)c1OCc1ccc(Br)cc1Br. The van der Waals surface area contributed by atoms with Gasteiger partial charge in [-0.2, -0.15) is 9.78 Å². The van der Waals surface area contributed by atoms with Crippen molar-refractivity contribution < 1.29 is 9.47 Å². The first-order valence-electron chi connectivity index (χ1n) is 12.3. The quantitative estimate of drug-likeness (QED) is 0.200. The van der Waals surface area contributed by atoms with Crippen molar-refractivity contribution in [2.75, 3.05) is 7.11 Å². The van der Waals surface area contributed by atoms with Gasteiger partial charge in [0, 0.05) is 26.0 Å². The normalized spacial score (nSPS) is 14.4. The fourth-order valence-corrected chi connectivity index (χ4v) is 5.90. The molecule has 8 heteroatoms. The molecule has 0 bridgehead atoms. The van der Waals surface area contributed by atoms with Crippen LogP contribution in [0.25, 0.3) is 10.9 Å². The molecule has 0 aliphatic heterocycles. The molecule has 0 unspecified atom stereocenters. The maximum Gasteiger partial charge on any atom is 0.282 e. The number of nitrogens with zero attached hydrogens (tertiary/aromatic N) is 3. The predicted molar refractivity (Wildman–Crippen MR) is 154 cm³/mol. The number of ether oxygens (including phenoxy) is 2. The Bertz CT molecular complexity index is 1510. The Hall–Kier alpha value is -2.97. The van der Waals surface area contributed by atoms with E-state index in [1.165, 1.54) is 11.1 Å². The molecule has 0 amide bonds. The molecule has 1 saturated carbocycles. The fourth-order valence-electron chi connectivity index (χ4n) is 4.74. The highest BCUT2D eigenvalue weighted by molar-refractivity contribution is 9.11. The summed E-state index contributed by atoms with van der Waals surface area (Å²) >= 11 is 7.08. The number of hydrogen-bond acceptors (Lipinski definition) is 5. The van der Waals surface area contributed by atoms with E-state index < -0.39 is 0 Å². The van der Waals surface area contributed by atoms with Gasteiger partial charge in [-0.3, -0.25) is 4.79 Å². The number of fused-ring (bicyclic) bond motifs is 1. The molecular weight excluding hydrogens is 598 g/mol. The highest BCUT2D eigenvalue weighted by Gasteiger charge is 2.22. The third kappa shape index (κ3) is 5.65. The molecule has 190 valence electrons. The van der Waals surface area contributed by atoms with E-state index in [9.17, 15) is 4.79 Å². The second-order valence-corrected chi connectivity index (χ2v) is 10.9. The zero-order valence-corrected chi connectivity index (χ0v) is 23.7. The average molecular weight is 625 g/mol. The minimum absolute atomic E-state index is 0.161. The van der Waals surface area contributed by atoms with Crippen molar-refractivity contribution in [3.63, 3.8) is 0 Å². The summed E-state index contributed by atoms with van der Waals surface area (Å²) in [5, 5.41) is 5.24.